The van der Waals surface area contributed by atoms with Crippen LogP contribution in [0.2, 0.25) is 0 Å². The zero-order valence-electron chi connectivity index (χ0n) is 11.6. The first-order chi connectivity index (χ1) is 8.54. The Morgan fingerprint density at radius 3 is 2.17 bits per heavy atom. The van der Waals surface area contributed by atoms with Gasteiger partial charge in [0, 0.05) is 13.1 Å². The maximum atomic E-state index is 12.1. The molecule has 4 nitrogen and oxygen atoms in total. The van der Waals surface area contributed by atoms with Gasteiger partial charge >= 0.3 is 5.69 Å². The van der Waals surface area contributed by atoms with E-state index in [1.54, 1.807) is 25.2 Å². The molecule has 0 saturated carbocycles. The van der Waals surface area contributed by atoms with Crippen LogP contribution in [-0.2, 0) is 7.05 Å². The third-order valence-electron chi connectivity index (χ3n) is 2.72. The van der Waals surface area contributed by atoms with Crippen molar-refractivity contribution in [3.05, 3.63) is 45.1 Å². The van der Waals surface area contributed by atoms with Crippen molar-refractivity contribution in [2.75, 3.05) is 0 Å². The van der Waals surface area contributed by atoms with E-state index in [1.807, 2.05) is 33.8 Å². The molecular formula is C14H20N2O2. The number of hydrogen-bond acceptors (Lipinski definition) is 2. The van der Waals surface area contributed by atoms with Gasteiger partial charge < -0.3 is 0 Å². The molecule has 0 bridgehead atoms. The highest BCUT2D eigenvalue weighted by atomic mass is 16.2. The third kappa shape index (κ3) is 2.23. The summed E-state index contributed by atoms with van der Waals surface area (Å²) in [5.74, 6) is 0. The van der Waals surface area contributed by atoms with Gasteiger partial charge in [-0.3, -0.25) is 13.9 Å². The molecule has 0 aliphatic rings. The maximum Gasteiger partial charge on any atom is 0.331 e. The summed E-state index contributed by atoms with van der Waals surface area (Å²) >= 11 is 0. The van der Waals surface area contributed by atoms with Gasteiger partial charge in [-0.1, -0.05) is 26.0 Å². The standard InChI is InChI=1S/C12H14N2O2.C2H6/c1-8(2)14-11(15)9-6-4-5-7-10(9)13(3)12(14)16;1-2/h4-8H,1-3H3;1-2H3. The molecule has 2 rings (SSSR count). The van der Waals surface area contributed by atoms with Gasteiger partial charge in [0.2, 0.25) is 0 Å². The summed E-state index contributed by atoms with van der Waals surface area (Å²) in [6.45, 7) is 7.66. The molecule has 0 aliphatic carbocycles. The van der Waals surface area contributed by atoms with Gasteiger partial charge in [-0.15, -0.1) is 0 Å². The average Bonchev–Trinajstić information content (AvgIpc) is 2.38. The van der Waals surface area contributed by atoms with Crippen LogP contribution < -0.4 is 11.2 Å². The molecule has 1 aromatic heterocycles. The molecule has 0 amide bonds. The minimum atomic E-state index is -0.265. The largest absolute Gasteiger partial charge is 0.331 e. The molecule has 18 heavy (non-hydrogen) atoms. The summed E-state index contributed by atoms with van der Waals surface area (Å²) < 4.78 is 2.79. The number of aryl methyl sites for hydroxylation is 1. The second-order valence-corrected chi connectivity index (χ2v) is 4.13. The minimum Gasteiger partial charge on any atom is -0.296 e. The van der Waals surface area contributed by atoms with Crippen LogP contribution in [0.1, 0.15) is 33.7 Å². The van der Waals surface area contributed by atoms with Gasteiger partial charge in [0.05, 0.1) is 10.9 Å². The van der Waals surface area contributed by atoms with E-state index >= 15 is 0 Å². The molecule has 0 fully saturated rings. The Labute approximate surface area is 106 Å². The molecule has 4 heteroatoms. The number of para-hydroxylation sites is 1. The fraction of sp³-hybridized carbons (Fsp3) is 0.429. The quantitative estimate of drug-likeness (QED) is 0.777. The molecule has 0 atom stereocenters. The van der Waals surface area contributed by atoms with E-state index in [4.69, 9.17) is 0 Å². The molecule has 0 radical (unpaired) electrons. The fourth-order valence-electron chi connectivity index (χ4n) is 1.88. The molecule has 0 spiro atoms. The molecule has 1 heterocycles. The number of benzene rings is 1. The molecule has 0 unspecified atom stereocenters. The van der Waals surface area contributed by atoms with E-state index in [0.717, 1.165) is 0 Å². The molecule has 2 aromatic rings. The second kappa shape index (κ2) is 5.67. The lowest BCUT2D eigenvalue weighted by atomic mass is 10.2. The van der Waals surface area contributed by atoms with E-state index in [2.05, 4.69) is 0 Å². The van der Waals surface area contributed by atoms with Crippen molar-refractivity contribution in [1.82, 2.24) is 9.13 Å². The highest BCUT2D eigenvalue weighted by Gasteiger charge is 2.11. The summed E-state index contributed by atoms with van der Waals surface area (Å²) in [4.78, 5) is 24.1. The highest BCUT2D eigenvalue weighted by Crippen LogP contribution is 2.07. The van der Waals surface area contributed by atoms with Gasteiger partial charge in [-0.25, -0.2) is 4.79 Å². The topological polar surface area (TPSA) is 44.0 Å². The average molecular weight is 248 g/mol. The Balaban J connectivity index is 0.000000771. The van der Waals surface area contributed by atoms with Crippen molar-refractivity contribution >= 4 is 10.9 Å². The Morgan fingerprint density at radius 1 is 1.06 bits per heavy atom. The van der Waals surface area contributed by atoms with Crippen LogP contribution in [0.25, 0.3) is 10.9 Å². The Kier molecular flexibility index (Phi) is 4.48. The van der Waals surface area contributed by atoms with Crippen LogP contribution in [0, 0.1) is 0 Å². The van der Waals surface area contributed by atoms with E-state index in [9.17, 15) is 9.59 Å². The zero-order valence-corrected chi connectivity index (χ0v) is 11.6. The summed E-state index contributed by atoms with van der Waals surface area (Å²) in [6.07, 6.45) is 0. The summed E-state index contributed by atoms with van der Waals surface area (Å²) in [6, 6.07) is 7.02. The maximum absolute atomic E-state index is 12.1. The predicted octanol–water partition coefficient (Wildman–Crippen LogP) is 2.31. The van der Waals surface area contributed by atoms with Crippen LogP contribution in [0.4, 0.5) is 0 Å². The number of fused-ring (bicyclic) bond motifs is 1. The van der Waals surface area contributed by atoms with Crippen molar-refractivity contribution < 1.29 is 0 Å². The van der Waals surface area contributed by atoms with Gasteiger partial charge in [-0.2, -0.15) is 0 Å². The van der Waals surface area contributed by atoms with E-state index in [-0.39, 0.29) is 17.3 Å². The first-order valence-electron chi connectivity index (χ1n) is 6.24. The van der Waals surface area contributed by atoms with E-state index < -0.39 is 0 Å². The fourth-order valence-corrected chi connectivity index (χ4v) is 1.88. The molecule has 0 aliphatic heterocycles. The minimum absolute atomic E-state index is 0.129. The van der Waals surface area contributed by atoms with E-state index in [0.29, 0.717) is 10.9 Å². The van der Waals surface area contributed by atoms with Crippen LogP contribution in [0.5, 0.6) is 0 Å². The highest BCUT2D eigenvalue weighted by molar-refractivity contribution is 5.77. The number of aromatic nitrogens is 2. The summed E-state index contributed by atoms with van der Waals surface area (Å²) in [5.41, 5.74) is 0.196. The van der Waals surface area contributed by atoms with Crippen molar-refractivity contribution in [3.63, 3.8) is 0 Å². The van der Waals surface area contributed by atoms with Crippen LogP contribution in [0.3, 0.4) is 0 Å². The zero-order chi connectivity index (χ0) is 13.9. The van der Waals surface area contributed by atoms with Crippen LogP contribution in [0.15, 0.2) is 33.9 Å². The first kappa shape index (κ1) is 14.2. The van der Waals surface area contributed by atoms with Crippen molar-refractivity contribution in [2.45, 2.75) is 33.7 Å². The molecule has 0 saturated heterocycles. The van der Waals surface area contributed by atoms with Crippen molar-refractivity contribution in [1.29, 1.82) is 0 Å². The SMILES string of the molecule is CC.CC(C)n1c(=O)c2ccccc2n(C)c1=O. The van der Waals surface area contributed by atoms with Crippen molar-refractivity contribution in [3.8, 4) is 0 Å². The third-order valence-corrected chi connectivity index (χ3v) is 2.72. The Bertz CT molecular complexity index is 651. The molecule has 98 valence electrons. The number of rotatable bonds is 1. The van der Waals surface area contributed by atoms with Gasteiger partial charge in [0.25, 0.3) is 5.56 Å². The van der Waals surface area contributed by atoms with Gasteiger partial charge in [0.15, 0.2) is 0 Å². The lowest BCUT2D eigenvalue weighted by molar-refractivity contribution is 0.532. The molecule has 1 aromatic carbocycles. The summed E-state index contributed by atoms with van der Waals surface area (Å²) in [5, 5.41) is 0.582. The number of hydrogen-bond donors (Lipinski definition) is 0. The van der Waals surface area contributed by atoms with Crippen molar-refractivity contribution in [2.24, 2.45) is 7.05 Å². The molecular weight excluding hydrogens is 228 g/mol. The van der Waals surface area contributed by atoms with Gasteiger partial charge in [-0.05, 0) is 26.0 Å². The van der Waals surface area contributed by atoms with Crippen LogP contribution in [-0.4, -0.2) is 9.13 Å². The number of nitrogens with zero attached hydrogens (tertiary/aromatic N) is 2. The van der Waals surface area contributed by atoms with Crippen LogP contribution >= 0.6 is 0 Å². The Hall–Kier alpha value is -1.84. The normalized spacial score (nSPS) is 10.3. The monoisotopic (exact) mass is 248 g/mol. The molecule has 0 N–H and O–H groups in total. The Morgan fingerprint density at radius 2 is 1.61 bits per heavy atom. The van der Waals surface area contributed by atoms with Gasteiger partial charge in [0.1, 0.15) is 0 Å². The lowest BCUT2D eigenvalue weighted by Crippen LogP contribution is -2.40. The first-order valence-corrected chi connectivity index (χ1v) is 6.24. The van der Waals surface area contributed by atoms with E-state index in [1.165, 1.54) is 9.13 Å². The predicted molar refractivity (Wildman–Crippen MR) is 75.2 cm³/mol. The second-order valence-electron chi connectivity index (χ2n) is 4.13. The smallest absolute Gasteiger partial charge is 0.296 e. The summed E-state index contributed by atoms with van der Waals surface area (Å²) in [7, 11) is 1.68. The lowest BCUT2D eigenvalue weighted by Gasteiger charge is -2.12.